The predicted molar refractivity (Wildman–Crippen MR) is 121 cm³/mol. The highest BCUT2D eigenvalue weighted by atomic mass is 16.5. The zero-order valence-corrected chi connectivity index (χ0v) is 19.1. The summed E-state index contributed by atoms with van der Waals surface area (Å²) in [5.74, 6) is 0.660. The summed E-state index contributed by atoms with van der Waals surface area (Å²) in [4.78, 5) is 0. The molecule has 0 spiro atoms. The Bertz CT molecular complexity index is 731. The summed E-state index contributed by atoms with van der Waals surface area (Å²) in [7, 11) is 0. The van der Waals surface area contributed by atoms with E-state index in [9.17, 15) is 15.3 Å². The zero-order chi connectivity index (χ0) is 22.1. The number of hydrogen-bond acceptors (Lipinski definition) is 4. The maximum atomic E-state index is 10.1. The molecule has 3 rings (SSSR count). The van der Waals surface area contributed by atoms with Gasteiger partial charge < -0.3 is 20.1 Å². The first kappa shape index (κ1) is 23.5. The normalized spacial score (nSPS) is 36.9. The molecular formula is C26H40O4. The van der Waals surface area contributed by atoms with Crippen molar-refractivity contribution in [3.8, 4) is 0 Å². The first-order valence-corrected chi connectivity index (χ1v) is 11.6. The fourth-order valence-corrected chi connectivity index (χ4v) is 5.47. The molecule has 1 unspecified atom stereocenters. The average Bonchev–Trinajstić information content (AvgIpc) is 3.04. The number of allylic oxidation sites excluding steroid dienone is 4. The standard InChI is InChI=1S/C26H40O4/c1-16(2)25(29)15-30-18(4)22-10-11-23-19(7-6-12-26(22,23)5)8-9-20-13-21(27)14-24(28)17(20)3/h8-10,16,18,21,23-25,27-29H,3,6-7,11-15H2,1-2,4-5H3/b19-8+,20-9-/t18?,21-,23+,24+,25+,26-/m1/s1. The monoisotopic (exact) mass is 416 g/mol. The highest BCUT2D eigenvalue weighted by Gasteiger charge is 2.46. The molecule has 3 aliphatic carbocycles. The molecule has 168 valence electrons. The van der Waals surface area contributed by atoms with Gasteiger partial charge in [0.2, 0.25) is 0 Å². The van der Waals surface area contributed by atoms with Crippen LogP contribution >= 0.6 is 0 Å². The van der Waals surface area contributed by atoms with E-state index in [1.54, 1.807) is 0 Å². The lowest BCUT2D eigenvalue weighted by Crippen LogP contribution is -2.35. The first-order valence-electron chi connectivity index (χ1n) is 11.6. The highest BCUT2D eigenvalue weighted by Crippen LogP contribution is 2.55. The largest absolute Gasteiger partial charge is 0.393 e. The van der Waals surface area contributed by atoms with Gasteiger partial charge in [0.15, 0.2) is 0 Å². The molecule has 0 heterocycles. The molecule has 0 saturated heterocycles. The lowest BCUT2D eigenvalue weighted by Gasteiger charge is -2.42. The maximum Gasteiger partial charge on any atom is 0.0811 e. The van der Waals surface area contributed by atoms with Crippen molar-refractivity contribution < 1.29 is 20.1 Å². The molecule has 0 aliphatic heterocycles. The molecule has 2 fully saturated rings. The Morgan fingerprint density at radius 3 is 2.70 bits per heavy atom. The van der Waals surface area contributed by atoms with E-state index in [4.69, 9.17) is 4.74 Å². The lowest BCUT2D eigenvalue weighted by molar-refractivity contribution is -0.0146. The SMILES string of the molecule is C=C1/C(=C\C=C2/CCC[C@]3(C)C(C(C)OC[C@H](O)C(C)C)=CC[C@@H]23)C[C@@H](O)C[C@@H]1O. The van der Waals surface area contributed by atoms with Gasteiger partial charge in [-0.2, -0.15) is 0 Å². The van der Waals surface area contributed by atoms with Gasteiger partial charge in [-0.3, -0.25) is 0 Å². The number of aliphatic hydroxyl groups is 3. The molecule has 0 radical (unpaired) electrons. The van der Waals surface area contributed by atoms with Crippen LogP contribution in [0.3, 0.4) is 0 Å². The number of ether oxygens (including phenoxy) is 1. The van der Waals surface area contributed by atoms with E-state index in [1.807, 2.05) is 13.8 Å². The minimum atomic E-state index is -0.644. The van der Waals surface area contributed by atoms with Gasteiger partial charge in [-0.1, -0.05) is 51.2 Å². The molecule has 6 atom stereocenters. The van der Waals surface area contributed by atoms with Crippen LogP contribution in [0.1, 0.15) is 66.2 Å². The molecule has 4 heteroatoms. The van der Waals surface area contributed by atoms with E-state index in [2.05, 4.69) is 38.7 Å². The summed E-state index contributed by atoms with van der Waals surface area (Å²) in [6.07, 6.45) is 10.4. The third-order valence-corrected chi connectivity index (χ3v) is 7.60. The Kier molecular flexibility index (Phi) is 7.44. The van der Waals surface area contributed by atoms with Crippen molar-refractivity contribution in [2.75, 3.05) is 6.61 Å². The van der Waals surface area contributed by atoms with Crippen LogP contribution in [-0.2, 0) is 4.74 Å². The van der Waals surface area contributed by atoms with Crippen molar-refractivity contribution >= 4 is 0 Å². The van der Waals surface area contributed by atoms with E-state index in [1.165, 1.54) is 11.1 Å². The topological polar surface area (TPSA) is 69.9 Å². The Balaban J connectivity index is 1.73. The summed E-state index contributed by atoms with van der Waals surface area (Å²) in [6, 6.07) is 0. The molecule has 0 bridgehead atoms. The van der Waals surface area contributed by atoms with Gasteiger partial charge in [0, 0.05) is 6.42 Å². The molecular weight excluding hydrogens is 376 g/mol. The van der Waals surface area contributed by atoms with Crippen LogP contribution in [0, 0.1) is 17.3 Å². The van der Waals surface area contributed by atoms with Gasteiger partial charge in [-0.05, 0) is 73.0 Å². The molecule has 0 aromatic carbocycles. The van der Waals surface area contributed by atoms with Gasteiger partial charge >= 0.3 is 0 Å². The van der Waals surface area contributed by atoms with Crippen molar-refractivity contribution in [3.63, 3.8) is 0 Å². The number of rotatable bonds is 6. The fraction of sp³-hybridized carbons (Fsp3) is 0.692. The van der Waals surface area contributed by atoms with Gasteiger partial charge in [-0.25, -0.2) is 0 Å². The van der Waals surface area contributed by atoms with Crippen molar-refractivity contribution in [2.45, 2.75) is 90.6 Å². The Labute approximate surface area is 182 Å². The number of hydrogen-bond donors (Lipinski definition) is 3. The molecule has 4 nitrogen and oxygen atoms in total. The minimum Gasteiger partial charge on any atom is -0.393 e. The summed E-state index contributed by atoms with van der Waals surface area (Å²) in [6.45, 7) is 12.9. The van der Waals surface area contributed by atoms with Crippen LogP contribution < -0.4 is 0 Å². The van der Waals surface area contributed by atoms with Crippen LogP contribution in [0.4, 0.5) is 0 Å². The molecule has 3 aliphatic rings. The van der Waals surface area contributed by atoms with Gasteiger partial charge in [-0.15, -0.1) is 0 Å². The fourth-order valence-electron chi connectivity index (χ4n) is 5.47. The van der Waals surface area contributed by atoms with Gasteiger partial charge in [0.25, 0.3) is 0 Å². The summed E-state index contributed by atoms with van der Waals surface area (Å²) >= 11 is 0. The maximum absolute atomic E-state index is 10.1. The molecule has 30 heavy (non-hydrogen) atoms. The lowest BCUT2D eigenvalue weighted by atomic mass is 9.63. The van der Waals surface area contributed by atoms with Crippen LogP contribution in [0.15, 0.2) is 47.1 Å². The van der Waals surface area contributed by atoms with Crippen molar-refractivity contribution in [2.24, 2.45) is 17.3 Å². The average molecular weight is 417 g/mol. The summed E-state index contributed by atoms with van der Waals surface area (Å²) in [5.41, 5.74) is 4.61. The van der Waals surface area contributed by atoms with Gasteiger partial charge in [0.1, 0.15) is 0 Å². The third kappa shape index (κ3) is 4.83. The second-order valence-corrected chi connectivity index (χ2v) is 10.1. The molecule has 2 saturated carbocycles. The van der Waals surface area contributed by atoms with Crippen molar-refractivity contribution in [1.29, 1.82) is 0 Å². The van der Waals surface area contributed by atoms with Gasteiger partial charge in [0.05, 0.1) is 31.0 Å². The Hall–Kier alpha value is -1.20. The predicted octanol–water partition coefficient (Wildman–Crippen LogP) is 4.47. The molecule has 0 aromatic heterocycles. The van der Waals surface area contributed by atoms with Crippen LogP contribution in [0.5, 0.6) is 0 Å². The quantitative estimate of drug-likeness (QED) is 0.559. The first-order chi connectivity index (χ1) is 14.1. The second-order valence-electron chi connectivity index (χ2n) is 10.1. The van der Waals surface area contributed by atoms with Crippen molar-refractivity contribution in [1.82, 2.24) is 0 Å². The summed E-state index contributed by atoms with van der Waals surface area (Å²) in [5, 5.41) is 30.2. The van der Waals surface area contributed by atoms with E-state index in [0.29, 0.717) is 25.4 Å². The highest BCUT2D eigenvalue weighted by molar-refractivity contribution is 5.40. The Morgan fingerprint density at radius 1 is 1.27 bits per heavy atom. The summed E-state index contributed by atoms with van der Waals surface area (Å²) < 4.78 is 6.07. The number of fused-ring (bicyclic) bond motifs is 1. The Morgan fingerprint density at radius 2 is 2.00 bits per heavy atom. The third-order valence-electron chi connectivity index (χ3n) is 7.60. The van der Waals surface area contributed by atoms with Crippen LogP contribution in [-0.4, -0.2) is 46.3 Å². The van der Waals surface area contributed by atoms with E-state index >= 15 is 0 Å². The van der Waals surface area contributed by atoms with E-state index < -0.39 is 18.3 Å². The zero-order valence-electron chi connectivity index (χ0n) is 19.1. The van der Waals surface area contributed by atoms with E-state index in [-0.39, 0.29) is 17.4 Å². The molecule has 3 N–H and O–H groups in total. The van der Waals surface area contributed by atoms with Crippen LogP contribution in [0.25, 0.3) is 0 Å². The second kappa shape index (κ2) is 9.52. The van der Waals surface area contributed by atoms with Crippen LogP contribution in [0.2, 0.25) is 0 Å². The molecule has 0 amide bonds. The van der Waals surface area contributed by atoms with Crippen molar-refractivity contribution in [3.05, 3.63) is 47.1 Å². The molecule has 0 aromatic rings. The minimum absolute atomic E-state index is 0.00882. The smallest absolute Gasteiger partial charge is 0.0811 e. The van der Waals surface area contributed by atoms with E-state index in [0.717, 1.165) is 36.8 Å². The number of aliphatic hydroxyl groups excluding tert-OH is 3.